The van der Waals surface area contributed by atoms with Crippen LogP contribution in [0.15, 0.2) is 59.5 Å². The lowest BCUT2D eigenvalue weighted by Crippen LogP contribution is -2.15. The summed E-state index contributed by atoms with van der Waals surface area (Å²) in [5, 5.41) is 21.4. The van der Waals surface area contributed by atoms with Crippen LogP contribution in [0.4, 0.5) is 10.1 Å². The summed E-state index contributed by atoms with van der Waals surface area (Å²) in [7, 11) is 0. The Morgan fingerprint density at radius 2 is 1.96 bits per heavy atom. The number of phenolic OH excluding ortho intramolecular Hbond substituents is 1. The zero-order chi connectivity index (χ0) is 19.4. The van der Waals surface area contributed by atoms with E-state index in [0.717, 1.165) is 12.1 Å². The topological polar surface area (TPSA) is 115 Å². The van der Waals surface area contributed by atoms with E-state index in [9.17, 15) is 19.1 Å². The maximum atomic E-state index is 13.1. The molecule has 0 unspecified atom stereocenters. The summed E-state index contributed by atoms with van der Waals surface area (Å²) in [4.78, 5) is 26.3. The van der Waals surface area contributed by atoms with Gasteiger partial charge in [0.2, 0.25) is 5.56 Å². The molecule has 0 saturated carbocycles. The van der Waals surface area contributed by atoms with Gasteiger partial charge >= 0.3 is 0 Å². The van der Waals surface area contributed by atoms with E-state index in [0.29, 0.717) is 0 Å². The highest BCUT2D eigenvalue weighted by atomic mass is 19.1. The number of aromatic nitrogens is 1. The minimum Gasteiger partial charge on any atom is -0.504 e. The molecule has 7 nitrogen and oxygen atoms in total. The molecule has 27 heavy (non-hydrogen) atoms. The average Bonchev–Trinajstić information content (AvgIpc) is 2.64. The summed E-state index contributed by atoms with van der Waals surface area (Å²) in [6.45, 7) is 0. The number of halogens is 1. The summed E-state index contributed by atoms with van der Waals surface area (Å²) in [5.41, 5.74) is 0.154. The Bertz CT molecular complexity index is 1120. The van der Waals surface area contributed by atoms with E-state index in [4.69, 9.17) is 10.00 Å². The smallest absolute Gasteiger partial charge is 0.259 e. The first-order valence-electron chi connectivity index (χ1n) is 7.67. The molecule has 8 heteroatoms. The second-order valence-electron chi connectivity index (χ2n) is 5.43. The number of ether oxygens (including phenoxy) is 1. The number of carbonyl (C=O) groups is 1. The van der Waals surface area contributed by atoms with Gasteiger partial charge in [0.25, 0.3) is 5.91 Å². The number of carbonyl (C=O) groups excluding carboxylic acids is 1. The molecule has 1 aromatic heterocycles. The number of amides is 1. The monoisotopic (exact) mass is 365 g/mol. The number of benzene rings is 2. The van der Waals surface area contributed by atoms with E-state index in [2.05, 4.69) is 10.3 Å². The maximum Gasteiger partial charge on any atom is 0.259 e. The molecule has 1 heterocycles. The van der Waals surface area contributed by atoms with Crippen molar-refractivity contribution in [1.82, 2.24) is 4.98 Å². The third-order valence-electron chi connectivity index (χ3n) is 3.53. The van der Waals surface area contributed by atoms with Crippen LogP contribution in [-0.2, 0) is 0 Å². The lowest BCUT2D eigenvalue weighted by atomic mass is 10.1. The molecule has 0 atom stereocenters. The lowest BCUT2D eigenvalue weighted by Gasteiger charge is -2.13. The summed E-state index contributed by atoms with van der Waals surface area (Å²) in [5.74, 6) is -1.81. The molecule has 0 fully saturated rings. The van der Waals surface area contributed by atoms with Crippen molar-refractivity contribution in [2.75, 3.05) is 5.32 Å². The number of rotatable bonds is 4. The van der Waals surface area contributed by atoms with Gasteiger partial charge in [-0.2, -0.15) is 5.26 Å². The Hall–Kier alpha value is -4.12. The number of aromatic amines is 1. The molecule has 1 amide bonds. The highest BCUT2D eigenvalue weighted by Crippen LogP contribution is 2.33. The minimum absolute atomic E-state index is 0.0155. The SMILES string of the molecule is N#Cc1ccc(C(=O)Nc2cc[nH]c(=O)c2)c(Oc2ccc(F)cc2O)c1. The summed E-state index contributed by atoms with van der Waals surface area (Å²) in [6.07, 6.45) is 1.38. The van der Waals surface area contributed by atoms with Crippen LogP contribution in [-0.4, -0.2) is 16.0 Å². The van der Waals surface area contributed by atoms with Gasteiger partial charge in [-0.15, -0.1) is 0 Å². The first kappa shape index (κ1) is 17.7. The van der Waals surface area contributed by atoms with Gasteiger partial charge in [-0.25, -0.2) is 4.39 Å². The van der Waals surface area contributed by atoms with Gasteiger partial charge in [0.1, 0.15) is 11.6 Å². The Morgan fingerprint density at radius 3 is 2.67 bits per heavy atom. The molecule has 2 aromatic carbocycles. The fourth-order valence-corrected chi connectivity index (χ4v) is 2.28. The minimum atomic E-state index is -0.655. The van der Waals surface area contributed by atoms with Crippen LogP contribution in [0.1, 0.15) is 15.9 Å². The van der Waals surface area contributed by atoms with Crippen molar-refractivity contribution in [3.63, 3.8) is 0 Å². The van der Waals surface area contributed by atoms with Gasteiger partial charge in [-0.05, 0) is 36.4 Å². The number of nitriles is 1. The molecule has 134 valence electrons. The highest BCUT2D eigenvalue weighted by Gasteiger charge is 2.16. The third-order valence-corrected chi connectivity index (χ3v) is 3.53. The number of H-pyrrole nitrogens is 1. The summed E-state index contributed by atoms with van der Waals surface area (Å²) in [6, 6.07) is 11.9. The molecule has 0 aliphatic heterocycles. The van der Waals surface area contributed by atoms with Crippen LogP contribution in [0.2, 0.25) is 0 Å². The van der Waals surface area contributed by atoms with Crippen molar-refractivity contribution < 1.29 is 19.0 Å². The van der Waals surface area contributed by atoms with Crippen molar-refractivity contribution in [2.45, 2.75) is 0 Å². The van der Waals surface area contributed by atoms with Crippen LogP contribution >= 0.6 is 0 Å². The Kier molecular flexibility index (Phi) is 4.86. The predicted octanol–water partition coefficient (Wildman–Crippen LogP) is 3.14. The normalized spacial score (nSPS) is 10.1. The van der Waals surface area contributed by atoms with E-state index >= 15 is 0 Å². The molecule has 0 saturated heterocycles. The third kappa shape index (κ3) is 4.11. The highest BCUT2D eigenvalue weighted by molar-refractivity contribution is 6.06. The zero-order valence-electron chi connectivity index (χ0n) is 13.7. The molecule has 3 aromatic rings. The number of phenols is 1. The van der Waals surface area contributed by atoms with Crippen molar-refractivity contribution in [2.24, 2.45) is 0 Å². The number of aromatic hydroxyl groups is 1. The van der Waals surface area contributed by atoms with Crippen molar-refractivity contribution in [1.29, 1.82) is 5.26 Å². The molecule has 0 aliphatic carbocycles. The first-order valence-corrected chi connectivity index (χ1v) is 7.67. The van der Waals surface area contributed by atoms with E-state index in [1.54, 1.807) is 0 Å². The van der Waals surface area contributed by atoms with Gasteiger partial charge in [-0.1, -0.05) is 0 Å². The van der Waals surface area contributed by atoms with Gasteiger partial charge in [-0.3, -0.25) is 9.59 Å². The molecule has 3 rings (SSSR count). The fourth-order valence-electron chi connectivity index (χ4n) is 2.28. The van der Waals surface area contributed by atoms with E-state index < -0.39 is 17.5 Å². The molecule has 0 spiro atoms. The van der Waals surface area contributed by atoms with Gasteiger partial charge < -0.3 is 20.1 Å². The summed E-state index contributed by atoms with van der Waals surface area (Å²) < 4.78 is 18.7. The Balaban J connectivity index is 1.96. The number of hydrogen-bond acceptors (Lipinski definition) is 5. The Labute approximate surface area is 152 Å². The zero-order valence-corrected chi connectivity index (χ0v) is 13.7. The second-order valence-corrected chi connectivity index (χ2v) is 5.43. The second kappa shape index (κ2) is 7.41. The molecule has 0 bridgehead atoms. The van der Waals surface area contributed by atoms with E-state index in [-0.39, 0.29) is 33.9 Å². The van der Waals surface area contributed by atoms with Crippen LogP contribution in [0, 0.1) is 17.1 Å². The number of anilines is 1. The number of hydrogen-bond donors (Lipinski definition) is 3. The van der Waals surface area contributed by atoms with Gasteiger partial charge in [0.15, 0.2) is 11.5 Å². The average molecular weight is 365 g/mol. The number of nitrogens with zero attached hydrogens (tertiary/aromatic N) is 1. The number of nitrogens with one attached hydrogen (secondary N) is 2. The largest absolute Gasteiger partial charge is 0.504 e. The first-order chi connectivity index (χ1) is 13.0. The Morgan fingerprint density at radius 1 is 1.15 bits per heavy atom. The van der Waals surface area contributed by atoms with Crippen molar-refractivity contribution in [3.8, 4) is 23.3 Å². The van der Waals surface area contributed by atoms with Gasteiger partial charge in [0, 0.05) is 24.0 Å². The predicted molar refractivity (Wildman–Crippen MR) is 94.3 cm³/mol. The van der Waals surface area contributed by atoms with Crippen LogP contribution in [0.5, 0.6) is 17.2 Å². The molecule has 0 radical (unpaired) electrons. The van der Waals surface area contributed by atoms with E-state index in [1.165, 1.54) is 42.6 Å². The molecule has 3 N–H and O–H groups in total. The fraction of sp³-hybridized carbons (Fsp3) is 0. The van der Waals surface area contributed by atoms with Crippen molar-refractivity contribution >= 4 is 11.6 Å². The van der Waals surface area contributed by atoms with Crippen LogP contribution < -0.4 is 15.6 Å². The summed E-state index contributed by atoms with van der Waals surface area (Å²) >= 11 is 0. The van der Waals surface area contributed by atoms with Crippen LogP contribution in [0.3, 0.4) is 0 Å². The lowest BCUT2D eigenvalue weighted by molar-refractivity contribution is 0.102. The molecule has 0 aliphatic rings. The van der Waals surface area contributed by atoms with Crippen molar-refractivity contribution in [3.05, 3.63) is 82.0 Å². The van der Waals surface area contributed by atoms with Crippen LogP contribution in [0.25, 0.3) is 0 Å². The van der Waals surface area contributed by atoms with E-state index in [1.807, 2.05) is 6.07 Å². The molecular weight excluding hydrogens is 353 g/mol. The standard InChI is InChI=1S/C19H12FN3O4/c20-12-2-4-16(15(24)8-12)27-17-7-11(10-21)1-3-14(17)19(26)23-13-5-6-22-18(25)9-13/h1-9,24H,(H2,22,23,25,26). The van der Waals surface area contributed by atoms with Gasteiger partial charge in [0.05, 0.1) is 17.2 Å². The quantitative estimate of drug-likeness (QED) is 0.657. The maximum absolute atomic E-state index is 13.1. The molecular formula is C19H12FN3O4. The number of pyridine rings is 1.